The van der Waals surface area contributed by atoms with Gasteiger partial charge in [-0.15, -0.1) is 0 Å². The Balaban J connectivity index is 2.03. The molecule has 0 fully saturated rings. The number of hydrogen-bond donors (Lipinski definition) is 1. The van der Waals surface area contributed by atoms with Gasteiger partial charge in [-0.3, -0.25) is 9.59 Å². The fourth-order valence-corrected chi connectivity index (χ4v) is 2.28. The van der Waals surface area contributed by atoms with Gasteiger partial charge in [0.1, 0.15) is 23.1 Å². The molecule has 0 aliphatic rings. The Morgan fingerprint density at radius 2 is 1.68 bits per heavy atom. The summed E-state index contributed by atoms with van der Waals surface area (Å²) in [6.45, 7) is 1.04. The van der Waals surface area contributed by atoms with Crippen molar-refractivity contribution in [2.75, 3.05) is 23.9 Å². The lowest BCUT2D eigenvalue weighted by Crippen LogP contribution is -2.33. The summed E-state index contributed by atoms with van der Waals surface area (Å²) in [4.78, 5) is 24.7. The van der Waals surface area contributed by atoms with Crippen LogP contribution < -0.4 is 15.0 Å². The smallest absolute Gasteiger partial charge is 0.226 e. The summed E-state index contributed by atoms with van der Waals surface area (Å²) < 4.78 is 32.7. The third-order valence-electron chi connectivity index (χ3n) is 3.52. The first-order valence-corrected chi connectivity index (χ1v) is 7.58. The number of hydrogen-bond acceptors (Lipinski definition) is 3. The Morgan fingerprint density at radius 1 is 1.08 bits per heavy atom. The predicted molar refractivity (Wildman–Crippen MR) is 90.6 cm³/mol. The Labute approximate surface area is 144 Å². The number of anilines is 2. The normalized spacial score (nSPS) is 10.2. The van der Waals surface area contributed by atoms with E-state index in [0.717, 1.165) is 17.0 Å². The van der Waals surface area contributed by atoms with Crippen molar-refractivity contribution in [3.63, 3.8) is 0 Å². The summed E-state index contributed by atoms with van der Waals surface area (Å²) in [7, 11) is 1.53. The molecular formula is C18H18F2N2O3. The Morgan fingerprint density at radius 3 is 2.20 bits per heavy atom. The minimum atomic E-state index is -0.856. The molecule has 0 saturated carbocycles. The van der Waals surface area contributed by atoms with Crippen molar-refractivity contribution in [3.05, 3.63) is 54.1 Å². The maximum atomic E-state index is 13.9. The number of carbonyl (C=O) groups excluding carboxylic acids is 2. The maximum absolute atomic E-state index is 13.9. The fourth-order valence-electron chi connectivity index (χ4n) is 2.28. The van der Waals surface area contributed by atoms with E-state index in [2.05, 4.69) is 5.32 Å². The third-order valence-corrected chi connectivity index (χ3v) is 3.52. The highest BCUT2D eigenvalue weighted by Crippen LogP contribution is 2.23. The predicted octanol–water partition coefficient (Wildman–Crippen LogP) is 3.36. The summed E-state index contributed by atoms with van der Waals surface area (Å²) in [6.07, 6.45) is -0.112. The van der Waals surface area contributed by atoms with E-state index in [0.29, 0.717) is 11.4 Å². The van der Waals surface area contributed by atoms with Gasteiger partial charge < -0.3 is 15.0 Å². The number of amides is 2. The lowest BCUT2D eigenvalue weighted by Gasteiger charge is -2.22. The van der Waals surface area contributed by atoms with E-state index in [1.807, 2.05) is 0 Å². The van der Waals surface area contributed by atoms with E-state index < -0.39 is 23.2 Å². The first-order chi connectivity index (χ1) is 11.9. The van der Waals surface area contributed by atoms with Crippen molar-refractivity contribution in [1.82, 2.24) is 0 Å². The largest absolute Gasteiger partial charge is 0.497 e. The number of nitrogens with one attached hydrogen (secondary N) is 1. The highest BCUT2D eigenvalue weighted by molar-refractivity contribution is 5.95. The van der Waals surface area contributed by atoms with Crippen LogP contribution >= 0.6 is 0 Å². The van der Waals surface area contributed by atoms with Crippen LogP contribution in [0.15, 0.2) is 42.5 Å². The van der Waals surface area contributed by atoms with Crippen LogP contribution in [-0.4, -0.2) is 25.5 Å². The molecular weight excluding hydrogens is 330 g/mol. The molecule has 0 radical (unpaired) electrons. The first-order valence-electron chi connectivity index (χ1n) is 7.58. The summed E-state index contributed by atoms with van der Waals surface area (Å²) in [5.41, 5.74) is 0.101. The molecule has 132 valence electrons. The van der Waals surface area contributed by atoms with Crippen LogP contribution in [0.5, 0.6) is 5.75 Å². The van der Waals surface area contributed by atoms with E-state index in [9.17, 15) is 18.4 Å². The van der Waals surface area contributed by atoms with E-state index in [1.54, 1.807) is 24.3 Å². The molecule has 0 aromatic heterocycles. The quantitative estimate of drug-likeness (QED) is 0.871. The Hall–Kier alpha value is -2.96. The molecule has 0 heterocycles. The van der Waals surface area contributed by atoms with Gasteiger partial charge in [0.25, 0.3) is 0 Å². The molecule has 0 unspecified atom stereocenters. The van der Waals surface area contributed by atoms with Crippen molar-refractivity contribution in [2.24, 2.45) is 0 Å². The number of ether oxygens (including phenoxy) is 1. The van der Waals surface area contributed by atoms with Gasteiger partial charge in [-0.25, -0.2) is 8.78 Å². The summed E-state index contributed by atoms with van der Waals surface area (Å²) in [6, 6.07) is 10.0. The second-order valence-corrected chi connectivity index (χ2v) is 5.27. The average molecular weight is 348 g/mol. The molecule has 7 heteroatoms. The van der Waals surface area contributed by atoms with Gasteiger partial charge in [0, 0.05) is 25.6 Å². The number of nitrogens with zero attached hydrogens (tertiary/aromatic N) is 1. The van der Waals surface area contributed by atoms with Gasteiger partial charge in [0.05, 0.1) is 7.11 Å². The monoisotopic (exact) mass is 348 g/mol. The van der Waals surface area contributed by atoms with Crippen LogP contribution in [-0.2, 0) is 9.59 Å². The van der Waals surface area contributed by atoms with Crippen molar-refractivity contribution in [1.29, 1.82) is 0 Å². The molecule has 2 rings (SSSR count). The zero-order chi connectivity index (χ0) is 18.4. The standard InChI is InChI=1S/C18H18F2N2O3/c1-12(23)22(18-15(19)4-3-5-16(18)20)11-10-17(24)21-13-6-8-14(25-2)9-7-13/h3-9H,10-11H2,1-2H3,(H,21,24). The number of halogens is 2. The second-order valence-electron chi connectivity index (χ2n) is 5.27. The lowest BCUT2D eigenvalue weighted by molar-refractivity contribution is -0.117. The topological polar surface area (TPSA) is 58.6 Å². The number of para-hydroxylation sites is 1. The number of carbonyl (C=O) groups is 2. The molecule has 5 nitrogen and oxygen atoms in total. The van der Waals surface area contributed by atoms with E-state index in [4.69, 9.17) is 4.74 Å². The van der Waals surface area contributed by atoms with Crippen LogP contribution in [0.3, 0.4) is 0 Å². The Kier molecular flexibility index (Phi) is 6.05. The fraction of sp³-hybridized carbons (Fsp3) is 0.222. The molecule has 0 aliphatic carbocycles. The van der Waals surface area contributed by atoms with Crippen molar-refractivity contribution < 1.29 is 23.1 Å². The molecule has 0 spiro atoms. The molecule has 2 aromatic rings. The third kappa shape index (κ3) is 4.76. The SMILES string of the molecule is COc1ccc(NC(=O)CCN(C(C)=O)c2c(F)cccc2F)cc1. The molecule has 2 amide bonds. The van der Waals surface area contributed by atoms with Crippen molar-refractivity contribution in [3.8, 4) is 5.75 Å². The highest BCUT2D eigenvalue weighted by Gasteiger charge is 2.20. The number of methoxy groups -OCH3 is 1. The van der Waals surface area contributed by atoms with Gasteiger partial charge in [-0.2, -0.15) is 0 Å². The maximum Gasteiger partial charge on any atom is 0.226 e. The van der Waals surface area contributed by atoms with Crippen molar-refractivity contribution in [2.45, 2.75) is 13.3 Å². The van der Waals surface area contributed by atoms with Crippen LogP contribution in [0, 0.1) is 11.6 Å². The van der Waals surface area contributed by atoms with Crippen LogP contribution in [0.25, 0.3) is 0 Å². The molecule has 25 heavy (non-hydrogen) atoms. The van der Waals surface area contributed by atoms with E-state index >= 15 is 0 Å². The van der Waals surface area contributed by atoms with Gasteiger partial charge in [0.15, 0.2) is 0 Å². The van der Waals surface area contributed by atoms with Crippen LogP contribution in [0.1, 0.15) is 13.3 Å². The van der Waals surface area contributed by atoms with Gasteiger partial charge >= 0.3 is 0 Å². The molecule has 0 aliphatic heterocycles. The van der Waals surface area contributed by atoms with Gasteiger partial charge in [0.2, 0.25) is 11.8 Å². The zero-order valence-corrected chi connectivity index (χ0v) is 13.9. The van der Waals surface area contributed by atoms with Crippen molar-refractivity contribution >= 4 is 23.2 Å². The minimum absolute atomic E-state index is 0.112. The van der Waals surface area contributed by atoms with Gasteiger partial charge in [-0.1, -0.05) is 6.07 Å². The van der Waals surface area contributed by atoms with Gasteiger partial charge in [-0.05, 0) is 36.4 Å². The molecule has 2 aromatic carbocycles. The average Bonchev–Trinajstić information content (AvgIpc) is 2.57. The highest BCUT2D eigenvalue weighted by atomic mass is 19.1. The molecule has 1 N–H and O–H groups in total. The first kappa shape index (κ1) is 18.4. The second kappa shape index (κ2) is 8.23. The lowest BCUT2D eigenvalue weighted by atomic mass is 10.2. The number of rotatable bonds is 6. The Bertz CT molecular complexity index is 743. The van der Waals surface area contributed by atoms with E-state index in [1.165, 1.54) is 20.1 Å². The zero-order valence-electron chi connectivity index (χ0n) is 13.9. The summed E-state index contributed by atoms with van der Waals surface area (Å²) in [5.74, 6) is -2.00. The molecule has 0 atom stereocenters. The van der Waals surface area contributed by atoms with Crippen LogP contribution in [0.4, 0.5) is 20.2 Å². The molecule has 0 bridgehead atoms. The van der Waals surface area contributed by atoms with Crippen LogP contribution in [0.2, 0.25) is 0 Å². The minimum Gasteiger partial charge on any atom is -0.497 e. The molecule has 0 saturated heterocycles. The summed E-state index contributed by atoms with van der Waals surface area (Å²) in [5, 5.41) is 2.65. The summed E-state index contributed by atoms with van der Waals surface area (Å²) >= 11 is 0. The number of benzene rings is 2. The van der Waals surface area contributed by atoms with E-state index in [-0.39, 0.29) is 18.9 Å².